The Bertz CT molecular complexity index is 578. The predicted molar refractivity (Wildman–Crippen MR) is 69.6 cm³/mol. The third-order valence-corrected chi connectivity index (χ3v) is 3.24. The number of aromatic nitrogens is 2. The van der Waals surface area contributed by atoms with Crippen molar-refractivity contribution >= 4 is 0 Å². The number of rotatable bonds is 4. The van der Waals surface area contributed by atoms with Crippen LogP contribution in [0.25, 0.3) is 0 Å². The molecule has 0 spiro atoms. The van der Waals surface area contributed by atoms with Crippen molar-refractivity contribution in [3.8, 4) is 0 Å². The molecule has 2 N–H and O–H groups in total. The summed E-state index contributed by atoms with van der Waals surface area (Å²) in [5.74, 6) is -0.442. The second kappa shape index (κ2) is 5.48. The van der Waals surface area contributed by atoms with Crippen LogP contribution in [0.4, 0.5) is 8.78 Å². The molecular formula is C14H17F2N3. The topological polar surface area (TPSA) is 43.8 Å². The molecular weight excluding hydrogens is 248 g/mol. The number of hydrogen-bond donors (Lipinski definition) is 1. The van der Waals surface area contributed by atoms with Gasteiger partial charge in [-0.25, -0.2) is 13.8 Å². The molecule has 2 rings (SSSR count). The van der Waals surface area contributed by atoms with Crippen LogP contribution < -0.4 is 5.73 Å². The molecule has 0 aliphatic rings. The Balaban J connectivity index is 2.30. The van der Waals surface area contributed by atoms with Gasteiger partial charge in [-0.05, 0) is 25.5 Å². The monoisotopic (exact) mass is 265 g/mol. The van der Waals surface area contributed by atoms with Gasteiger partial charge < -0.3 is 10.3 Å². The average Bonchev–Trinajstić information content (AvgIpc) is 2.81. The van der Waals surface area contributed by atoms with Crippen molar-refractivity contribution in [3.05, 3.63) is 53.1 Å². The van der Waals surface area contributed by atoms with Crippen LogP contribution in [0.5, 0.6) is 0 Å². The lowest BCUT2D eigenvalue weighted by atomic mass is 10.0. The van der Waals surface area contributed by atoms with Gasteiger partial charge in [0.25, 0.3) is 0 Å². The Morgan fingerprint density at radius 1 is 1.37 bits per heavy atom. The van der Waals surface area contributed by atoms with E-state index in [0.29, 0.717) is 12.0 Å². The molecule has 3 nitrogen and oxygen atoms in total. The van der Waals surface area contributed by atoms with Gasteiger partial charge in [0.1, 0.15) is 17.5 Å². The number of nitrogens with two attached hydrogens (primary N) is 1. The van der Waals surface area contributed by atoms with Crippen molar-refractivity contribution in [1.82, 2.24) is 9.55 Å². The molecule has 1 unspecified atom stereocenters. The first-order chi connectivity index (χ1) is 9.04. The maximum absolute atomic E-state index is 14.0. The van der Waals surface area contributed by atoms with E-state index < -0.39 is 17.7 Å². The first kappa shape index (κ1) is 13.7. The molecule has 0 saturated carbocycles. The fraction of sp³-hybridized carbons (Fsp3) is 0.357. The normalized spacial score (nSPS) is 12.7. The first-order valence-corrected chi connectivity index (χ1v) is 6.24. The fourth-order valence-corrected chi connectivity index (χ4v) is 2.13. The van der Waals surface area contributed by atoms with Gasteiger partial charge in [0.05, 0.1) is 0 Å². The summed E-state index contributed by atoms with van der Waals surface area (Å²) in [6.07, 6.45) is 3.79. The van der Waals surface area contributed by atoms with Gasteiger partial charge in [0, 0.05) is 37.0 Å². The minimum Gasteiger partial charge on any atom is -0.335 e. The van der Waals surface area contributed by atoms with Crippen LogP contribution in [-0.4, -0.2) is 9.55 Å². The van der Waals surface area contributed by atoms with Crippen LogP contribution in [0.3, 0.4) is 0 Å². The van der Waals surface area contributed by atoms with Crippen LogP contribution in [0, 0.1) is 18.6 Å². The molecule has 5 heteroatoms. The maximum atomic E-state index is 14.0. The second-order valence-electron chi connectivity index (χ2n) is 4.53. The zero-order valence-corrected chi connectivity index (χ0v) is 11.0. The molecule has 102 valence electrons. The quantitative estimate of drug-likeness (QED) is 0.923. The molecule has 0 saturated heterocycles. The van der Waals surface area contributed by atoms with Gasteiger partial charge in [-0.2, -0.15) is 0 Å². The maximum Gasteiger partial charge on any atom is 0.133 e. The summed E-state index contributed by atoms with van der Waals surface area (Å²) in [6.45, 7) is 4.32. The molecule has 0 fully saturated rings. The molecule has 2 aromatic rings. The van der Waals surface area contributed by atoms with E-state index in [1.54, 1.807) is 13.1 Å². The molecule has 1 aromatic carbocycles. The molecule has 1 atom stereocenters. The summed E-state index contributed by atoms with van der Waals surface area (Å²) in [6, 6.07) is 1.92. The van der Waals surface area contributed by atoms with Crippen LogP contribution in [0.15, 0.2) is 24.5 Å². The smallest absolute Gasteiger partial charge is 0.133 e. The van der Waals surface area contributed by atoms with Gasteiger partial charge in [-0.1, -0.05) is 6.07 Å². The molecule has 1 aromatic heterocycles. The van der Waals surface area contributed by atoms with E-state index >= 15 is 0 Å². The number of nitrogens with zero attached hydrogens (tertiary/aromatic N) is 2. The standard InChI is InChI=1S/C14H17F2N3/c1-3-19-7-6-18-12(19)8-11(17)13-10(15)5-4-9(2)14(13)16/h4-7,11H,3,8,17H2,1-2H3. The molecule has 1 heterocycles. The van der Waals surface area contributed by atoms with Gasteiger partial charge in [0.15, 0.2) is 0 Å². The van der Waals surface area contributed by atoms with Gasteiger partial charge >= 0.3 is 0 Å². The number of halogens is 2. The molecule has 0 bridgehead atoms. The summed E-state index contributed by atoms with van der Waals surface area (Å²) in [7, 11) is 0. The first-order valence-electron chi connectivity index (χ1n) is 6.24. The van der Waals surface area contributed by atoms with Crippen LogP contribution in [-0.2, 0) is 13.0 Å². The molecule has 19 heavy (non-hydrogen) atoms. The van der Waals surface area contributed by atoms with Crippen molar-refractivity contribution < 1.29 is 8.78 Å². The summed E-state index contributed by atoms with van der Waals surface area (Å²) >= 11 is 0. The van der Waals surface area contributed by atoms with E-state index in [1.165, 1.54) is 12.1 Å². The minimum atomic E-state index is -0.743. The highest BCUT2D eigenvalue weighted by atomic mass is 19.1. The third kappa shape index (κ3) is 2.66. The van der Waals surface area contributed by atoms with Crippen molar-refractivity contribution in [1.29, 1.82) is 0 Å². The van der Waals surface area contributed by atoms with Crippen LogP contribution >= 0.6 is 0 Å². The predicted octanol–water partition coefficient (Wildman–Crippen LogP) is 2.73. The molecule has 0 radical (unpaired) electrons. The number of benzene rings is 1. The number of aryl methyl sites for hydroxylation is 2. The molecule has 0 amide bonds. The van der Waals surface area contributed by atoms with E-state index in [-0.39, 0.29) is 5.56 Å². The highest BCUT2D eigenvalue weighted by Crippen LogP contribution is 2.24. The second-order valence-corrected chi connectivity index (χ2v) is 4.53. The zero-order valence-electron chi connectivity index (χ0n) is 11.0. The lowest BCUT2D eigenvalue weighted by molar-refractivity contribution is 0.511. The van der Waals surface area contributed by atoms with Gasteiger partial charge in [-0.3, -0.25) is 0 Å². The van der Waals surface area contributed by atoms with Crippen molar-refractivity contribution in [2.24, 2.45) is 5.73 Å². The van der Waals surface area contributed by atoms with Crippen LogP contribution in [0.1, 0.15) is 29.9 Å². The Kier molecular flexibility index (Phi) is 3.95. The highest BCUT2D eigenvalue weighted by molar-refractivity contribution is 5.29. The summed E-state index contributed by atoms with van der Waals surface area (Å²) < 4.78 is 29.6. The molecule has 0 aliphatic carbocycles. The van der Waals surface area contributed by atoms with Crippen molar-refractivity contribution in [3.63, 3.8) is 0 Å². The van der Waals surface area contributed by atoms with Crippen LogP contribution in [0.2, 0.25) is 0 Å². The fourth-order valence-electron chi connectivity index (χ4n) is 2.13. The largest absolute Gasteiger partial charge is 0.335 e. The summed E-state index contributed by atoms with van der Waals surface area (Å²) in [5, 5.41) is 0. The van der Waals surface area contributed by atoms with Gasteiger partial charge in [-0.15, -0.1) is 0 Å². The van der Waals surface area contributed by atoms with E-state index in [4.69, 9.17) is 5.73 Å². The van der Waals surface area contributed by atoms with E-state index in [9.17, 15) is 8.78 Å². The summed E-state index contributed by atoms with van der Waals surface area (Å²) in [5.41, 5.74) is 6.28. The highest BCUT2D eigenvalue weighted by Gasteiger charge is 2.20. The van der Waals surface area contributed by atoms with E-state index in [2.05, 4.69) is 4.98 Å². The van der Waals surface area contributed by atoms with Crippen molar-refractivity contribution in [2.45, 2.75) is 32.9 Å². The average molecular weight is 265 g/mol. The zero-order chi connectivity index (χ0) is 14.0. The Morgan fingerprint density at radius 3 is 2.79 bits per heavy atom. The van der Waals surface area contributed by atoms with Gasteiger partial charge in [0.2, 0.25) is 0 Å². The lowest BCUT2D eigenvalue weighted by Crippen LogP contribution is -2.19. The minimum absolute atomic E-state index is 0.0642. The Hall–Kier alpha value is -1.75. The SMILES string of the molecule is CCn1ccnc1CC(N)c1c(F)ccc(C)c1F. The third-order valence-electron chi connectivity index (χ3n) is 3.24. The van der Waals surface area contributed by atoms with Crippen molar-refractivity contribution in [2.75, 3.05) is 0 Å². The summed E-state index contributed by atoms with van der Waals surface area (Å²) in [4.78, 5) is 4.17. The van der Waals surface area contributed by atoms with E-state index in [1.807, 2.05) is 17.7 Å². The molecule has 0 aliphatic heterocycles. The van der Waals surface area contributed by atoms with E-state index in [0.717, 1.165) is 12.4 Å². The number of imidazole rings is 1. The number of hydrogen-bond acceptors (Lipinski definition) is 2. The Morgan fingerprint density at radius 2 is 2.11 bits per heavy atom. The Labute approximate surface area is 111 Å². The lowest BCUT2D eigenvalue weighted by Gasteiger charge is -2.15.